The van der Waals surface area contributed by atoms with Crippen LogP contribution >= 0.6 is 11.3 Å². The molecule has 1 aromatic heterocycles. The molecule has 12 heteroatoms. The monoisotopic (exact) mass is 584 g/mol. The number of nitrogens with zero attached hydrogens (tertiary/aromatic N) is 3. The maximum absolute atomic E-state index is 13.9. The van der Waals surface area contributed by atoms with Crippen LogP contribution in [0.25, 0.3) is 0 Å². The third-order valence-electron chi connectivity index (χ3n) is 6.16. The smallest absolute Gasteiger partial charge is 0.416 e. The van der Waals surface area contributed by atoms with Crippen molar-refractivity contribution in [2.75, 3.05) is 16.8 Å². The summed E-state index contributed by atoms with van der Waals surface area (Å²) in [5.74, 6) is 0.847. The van der Waals surface area contributed by atoms with Crippen molar-refractivity contribution in [3.63, 3.8) is 0 Å². The molecule has 0 saturated carbocycles. The summed E-state index contributed by atoms with van der Waals surface area (Å²) in [7, 11) is 0. The molecule has 214 valence electrons. The highest BCUT2D eigenvalue weighted by molar-refractivity contribution is 7.10. The molecule has 1 atom stereocenters. The number of alkyl halides is 3. The standard InChI is InChI=1S/C29H27F3N4O4S/c1-5-26-34-24(16-41-26)27(38)36(22-12-20(29(30,31)32)13-23(14-22)40-17(2)3)25-10-11-35(28(25)39)15-19-6-8-21(9-7-19)33-18(4)37/h1,6-9,12-14,16-17,25H,10-11,15H2,2-4H3,(H,33,37). The Balaban J connectivity index is 1.70. The molecule has 2 heterocycles. The number of halogens is 3. The van der Waals surface area contributed by atoms with Gasteiger partial charge in [0, 0.05) is 42.8 Å². The Labute approximate surface area is 239 Å². The predicted molar refractivity (Wildman–Crippen MR) is 149 cm³/mol. The molecule has 4 rings (SSSR count). The zero-order chi connectivity index (χ0) is 29.9. The number of nitrogens with one attached hydrogen (secondary N) is 1. The minimum atomic E-state index is -4.73. The fraction of sp³-hybridized carbons (Fsp3) is 0.310. The number of thiazole rings is 1. The van der Waals surface area contributed by atoms with Gasteiger partial charge in [-0.1, -0.05) is 12.1 Å². The number of aromatic nitrogens is 1. The third kappa shape index (κ3) is 7.05. The molecular weight excluding hydrogens is 557 g/mol. The Hall–Kier alpha value is -4.37. The van der Waals surface area contributed by atoms with E-state index in [9.17, 15) is 27.6 Å². The van der Waals surface area contributed by atoms with Crippen molar-refractivity contribution in [3.8, 4) is 18.1 Å². The molecule has 3 aromatic rings. The number of benzene rings is 2. The van der Waals surface area contributed by atoms with Gasteiger partial charge in [-0.25, -0.2) is 4.98 Å². The van der Waals surface area contributed by atoms with Crippen LogP contribution in [0.5, 0.6) is 5.75 Å². The topological polar surface area (TPSA) is 91.8 Å². The number of carbonyl (C=O) groups is 3. The van der Waals surface area contributed by atoms with E-state index in [4.69, 9.17) is 11.2 Å². The van der Waals surface area contributed by atoms with Gasteiger partial charge in [-0.15, -0.1) is 17.8 Å². The molecule has 41 heavy (non-hydrogen) atoms. The molecule has 1 aliphatic heterocycles. The first kappa shape index (κ1) is 29.6. The number of ether oxygens (including phenoxy) is 1. The average Bonchev–Trinajstić information content (AvgIpc) is 3.51. The second-order valence-corrected chi connectivity index (χ2v) is 10.5. The number of terminal acetylenes is 1. The lowest BCUT2D eigenvalue weighted by Crippen LogP contribution is -2.45. The molecule has 1 saturated heterocycles. The van der Waals surface area contributed by atoms with Gasteiger partial charge >= 0.3 is 6.18 Å². The van der Waals surface area contributed by atoms with Gasteiger partial charge in [0.25, 0.3) is 5.91 Å². The van der Waals surface area contributed by atoms with Crippen molar-refractivity contribution in [1.29, 1.82) is 0 Å². The molecule has 2 aromatic carbocycles. The summed E-state index contributed by atoms with van der Waals surface area (Å²) in [6, 6.07) is 8.84. The maximum Gasteiger partial charge on any atom is 0.416 e. The number of hydrogen-bond acceptors (Lipinski definition) is 6. The van der Waals surface area contributed by atoms with Gasteiger partial charge in [0.2, 0.25) is 11.8 Å². The van der Waals surface area contributed by atoms with Crippen molar-refractivity contribution in [2.45, 2.75) is 52.1 Å². The number of hydrogen-bond donors (Lipinski definition) is 1. The van der Waals surface area contributed by atoms with Gasteiger partial charge in [-0.05, 0) is 56.0 Å². The average molecular weight is 585 g/mol. The second kappa shape index (κ2) is 12.0. The highest BCUT2D eigenvalue weighted by Crippen LogP contribution is 2.38. The second-order valence-electron chi connectivity index (χ2n) is 9.68. The van der Waals surface area contributed by atoms with E-state index < -0.39 is 35.7 Å². The normalized spacial score (nSPS) is 15.1. The summed E-state index contributed by atoms with van der Waals surface area (Å²) >= 11 is 1.04. The molecular formula is C29H27F3N4O4S. The fourth-order valence-corrected chi connectivity index (χ4v) is 5.06. The van der Waals surface area contributed by atoms with Crippen molar-refractivity contribution in [1.82, 2.24) is 9.88 Å². The van der Waals surface area contributed by atoms with E-state index in [-0.39, 0.29) is 47.6 Å². The van der Waals surface area contributed by atoms with Crippen LogP contribution in [-0.2, 0) is 22.3 Å². The Morgan fingerprint density at radius 1 is 1.24 bits per heavy atom. The summed E-state index contributed by atoms with van der Waals surface area (Å²) in [6.45, 7) is 5.20. The quantitative estimate of drug-likeness (QED) is 0.361. The number of rotatable bonds is 8. The minimum Gasteiger partial charge on any atom is -0.491 e. The molecule has 0 radical (unpaired) electrons. The van der Waals surface area contributed by atoms with Crippen molar-refractivity contribution >= 4 is 40.4 Å². The van der Waals surface area contributed by atoms with Crippen LogP contribution in [0.3, 0.4) is 0 Å². The van der Waals surface area contributed by atoms with Crippen LogP contribution < -0.4 is 15.0 Å². The van der Waals surface area contributed by atoms with Crippen molar-refractivity contribution in [3.05, 3.63) is 69.7 Å². The fourth-order valence-electron chi connectivity index (χ4n) is 4.46. The van der Waals surface area contributed by atoms with Crippen molar-refractivity contribution < 1.29 is 32.3 Å². The van der Waals surface area contributed by atoms with E-state index in [0.717, 1.165) is 33.9 Å². The summed E-state index contributed by atoms with van der Waals surface area (Å²) in [6.07, 6.45) is 0.414. The van der Waals surface area contributed by atoms with Gasteiger partial charge in [0.05, 0.1) is 11.7 Å². The Kier molecular flexibility index (Phi) is 8.68. The van der Waals surface area contributed by atoms with E-state index in [1.54, 1.807) is 38.1 Å². The molecule has 0 aliphatic carbocycles. The lowest BCUT2D eigenvalue weighted by atomic mass is 10.1. The molecule has 0 bridgehead atoms. The van der Waals surface area contributed by atoms with Crippen LogP contribution in [0.15, 0.2) is 47.8 Å². The highest BCUT2D eigenvalue weighted by atomic mass is 32.1. The first-order chi connectivity index (χ1) is 19.3. The Morgan fingerprint density at radius 2 is 1.95 bits per heavy atom. The van der Waals surface area contributed by atoms with E-state index in [0.29, 0.717) is 5.69 Å². The SMILES string of the molecule is C#Cc1nc(C(=O)N(c2cc(OC(C)C)cc(C(F)(F)F)c2)C2CCN(Cc3ccc(NC(C)=O)cc3)C2=O)cs1. The van der Waals surface area contributed by atoms with E-state index in [2.05, 4.69) is 16.2 Å². The number of anilines is 2. The first-order valence-electron chi connectivity index (χ1n) is 12.7. The summed E-state index contributed by atoms with van der Waals surface area (Å²) in [4.78, 5) is 45.4. The van der Waals surface area contributed by atoms with Crippen LogP contribution in [0.4, 0.5) is 24.5 Å². The molecule has 1 unspecified atom stereocenters. The molecule has 0 spiro atoms. The van der Waals surface area contributed by atoms with E-state index in [1.165, 1.54) is 23.3 Å². The van der Waals surface area contributed by atoms with Crippen LogP contribution in [0.2, 0.25) is 0 Å². The largest absolute Gasteiger partial charge is 0.491 e. The van der Waals surface area contributed by atoms with Crippen molar-refractivity contribution in [2.24, 2.45) is 0 Å². The molecule has 8 nitrogen and oxygen atoms in total. The number of likely N-dealkylation sites (tertiary alicyclic amines) is 1. The molecule has 1 aliphatic rings. The van der Waals surface area contributed by atoms with E-state index >= 15 is 0 Å². The molecule has 1 N–H and O–H groups in total. The Morgan fingerprint density at radius 3 is 2.54 bits per heavy atom. The first-order valence-corrected chi connectivity index (χ1v) is 13.5. The third-order valence-corrected chi connectivity index (χ3v) is 6.94. The van der Waals surface area contributed by atoms with Gasteiger partial charge in [0.15, 0.2) is 5.01 Å². The van der Waals surface area contributed by atoms with Gasteiger partial charge in [-0.2, -0.15) is 13.2 Å². The number of amides is 3. The summed E-state index contributed by atoms with van der Waals surface area (Å²) < 4.78 is 47.2. The Bertz CT molecular complexity index is 1490. The maximum atomic E-state index is 13.9. The summed E-state index contributed by atoms with van der Waals surface area (Å²) in [5.41, 5.74) is 0.132. The van der Waals surface area contributed by atoms with Gasteiger partial charge in [0.1, 0.15) is 17.5 Å². The van der Waals surface area contributed by atoms with Crippen LogP contribution in [-0.4, -0.2) is 46.3 Å². The van der Waals surface area contributed by atoms with Gasteiger partial charge < -0.3 is 15.0 Å². The lowest BCUT2D eigenvalue weighted by Gasteiger charge is -2.29. The zero-order valence-electron chi connectivity index (χ0n) is 22.5. The van der Waals surface area contributed by atoms with Crippen LogP contribution in [0, 0.1) is 12.3 Å². The summed E-state index contributed by atoms with van der Waals surface area (Å²) in [5, 5.41) is 4.31. The molecule has 1 fully saturated rings. The lowest BCUT2D eigenvalue weighted by molar-refractivity contribution is -0.137. The zero-order valence-corrected chi connectivity index (χ0v) is 23.3. The molecule has 3 amide bonds. The highest BCUT2D eigenvalue weighted by Gasteiger charge is 2.41. The van der Waals surface area contributed by atoms with Crippen LogP contribution in [0.1, 0.15) is 53.8 Å². The minimum absolute atomic E-state index is 0.0773. The van der Waals surface area contributed by atoms with Gasteiger partial charge in [-0.3, -0.25) is 19.3 Å². The predicted octanol–water partition coefficient (Wildman–Crippen LogP) is 5.34. The van der Waals surface area contributed by atoms with E-state index in [1.807, 2.05) is 0 Å². The number of carbonyl (C=O) groups excluding carboxylic acids is 3.